The van der Waals surface area contributed by atoms with Crippen LogP contribution >= 0.6 is 11.3 Å². The van der Waals surface area contributed by atoms with Crippen LogP contribution in [0.3, 0.4) is 0 Å². The molecule has 0 unspecified atom stereocenters. The van der Waals surface area contributed by atoms with Crippen molar-refractivity contribution in [2.24, 2.45) is 0 Å². The first-order valence-electron chi connectivity index (χ1n) is 7.53. The summed E-state index contributed by atoms with van der Waals surface area (Å²) in [5, 5.41) is 8.49. The number of nitrogens with one attached hydrogen (secondary N) is 1. The van der Waals surface area contributed by atoms with Gasteiger partial charge < -0.3 is 10.2 Å². The van der Waals surface area contributed by atoms with E-state index in [9.17, 15) is 4.79 Å². The molecule has 0 radical (unpaired) electrons. The highest BCUT2D eigenvalue weighted by Gasteiger charge is 2.35. The van der Waals surface area contributed by atoms with Crippen molar-refractivity contribution in [2.75, 3.05) is 25.0 Å². The molecule has 0 aromatic carbocycles. The van der Waals surface area contributed by atoms with Crippen molar-refractivity contribution >= 4 is 22.4 Å². The Morgan fingerprint density at radius 2 is 2.14 bits per heavy atom. The maximum Gasteiger partial charge on any atom is 0.266 e. The first kappa shape index (κ1) is 15.0. The minimum atomic E-state index is 0.0805. The second-order valence-electron chi connectivity index (χ2n) is 5.70. The number of thiazole rings is 1. The van der Waals surface area contributed by atoms with Crippen LogP contribution in [0.15, 0.2) is 6.07 Å². The van der Waals surface area contributed by atoms with Crippen LogP contribution in [0.1, 0.15) is 39.7 Å². The average Bonchev–Trinajstić information content (AvgIpc) is 2.91. The van der Waals surface area contributed by atoms with Crippen molar-refractivity contribution in [2.45, 2.75) is 33.7 Å². The topological polar surface area (TPSA) is 63.1 Å². The van der Waals surface area contributed by atoms with E-state index >= 15 is 0 Å². The highest BCUT2D eigenvalue weighted by Crippen LogP contribution is 2.29. The van der Waals surface area contributed by atoms with E-state index in [1.54, 1.807) is 0 Å². The molecule has 2 aromatic heterocycles. The van der Waals surface area contributed by atoms with Gasteiger partial charge in [0, 0.05) is 25.3 Å². The van der Waals surface area contributed by atoms with Gasteiger partial charge in [-0.15, -0.1) is 0 Å². The number of aromatic nitrogens is 3. The highest BCUT2D eigenvalue weighted by molar-refractivity contribution is 7.17. The fraction of sp³-hybridized carbons (Fsp3) is 0.533. The summed E-state index contributed by atoms with van der Waals surface area (Å²) < 4.78 is 2.03. The lowest BCUT2D eigenvalue weighted by molar-refractivity contribution is 0.0501. The molecule has 118 valence electrons. The van der Waals surface area contributed by atoms with E-state index in [-0.39, 0.29) is 5.91 Å². The van der Waals surface area contributed by atoms with Crippen LogP contribution in [0.5, 0.6) is 0 Å². The van der Waals surface area contributed by atoms with Crippen molar-refractivity contribution in [3.05, 3.63) is 28.0 Å². The SMILES string of the molecule is CCNc1nc(C)c(C(=O)N2CC(n3nc(C)cc3C)C2)s1. The molecule has 0 saturated carbocycles. The Bertz CT molecular complexity index is 699. The van der Waals surface area contributed by atoms with Gasteiger partial charge >= 0.3 is 0 Å². The van der Waals surface area contributed by atoms with Gasteiger partial charge in [0.25, 0.3) is 5.91 Å². The van der Waals surface area contributed by atoms with Crippen molar-refractivity contribution in [1.82, 2.24) is 19.7 Å². The molecule has 22 heavy (non-hydrogen) atoms. The summed E-state index contributed by atoms with van der Waals surface area (Å²) in [6.45, 7) is 10.2. The van der Waals surface area contributed by atoms with Gasteiger partial charge in [0.1, 0.15) is 4.88 Å². The van der Waals surface area contributed by atoms with E-state index in [0.29, 0.717) is 19.1 Å². The predicted molar refractivity (Wildman–Crippen MR) is 87.7 cm³/mol. The summed E-state index contributed by atoms with van der Waals surface area (Å²) in [6, 6.07) is 2.36. The second-order valence-corrected chi connectivity index (χ2v) is 6.70. The highest BCUT2D eigenvalue weighted by atomic mass is 32.1. The summed E-state index contributed by atoms with van der Waals surface area (Å²) in [6.07, 6.45) is 0. The van der Waals surface area contributed by atoms with Gasteiger partial charge in [-0.1, -0.05) is 11.3 Å². The molecule has 1 amide bonds. The average molecular weight is 319 g/mol. The molecular weight excluding hydrogens is 298 g/mol. The monoisotopic (exact) mass is 319 g/mol. The molecule has 3 heterocycles. The zero-order chi connectivity index (χ0) is 15.9. The minimum absolute atomic E-state index is 0.0805. The van der Waals surface area contributed by atoms with Gasteiger partial charge in [-0.3, -0.25) is 9.48 Å². The summed E-state index contributed by atoms with van der Waals surface area (Å²) in [7, 11) is 0. The van der Waals surface area contributed by atoms with E-state index in [2.05, 4.69) is 28.4 Å². The smallest absolute Gasteiger partial charge is 0.266 e. The van der Waals surface area contributed by atoms with Crippen LogP contribution in [-0.2, 0) is 0 Å². The molecule has 0 bridgehead atoms. The lowest BCUT2D eigenvalue weighted by Gasteiger charge is -2.39. The van der Waals surface area contributed by atoms with Gasteiger partial charge in [-0.05, 0) is 33.8 Å². The maximum atomic E-state index is 12.6. The molecule has 2 aromatic rings. The summed E-state index contributed by atoms with van der Waals surface area (Å²) in [5.74, 6) is 0.0805. The lowest BCUT2D eigenvalue weighted by Crippen LogP contribution is -2.51. The zero-order valence-corrected chi connectivity index (χ0v) is 14.2. The van der Waals surface area contributed by atoms with Crippen molar-refractivity contribution in [1.29, 1.82) is 0 Å². The van der Waals surface area contributed by atoms with Crippen molar-refractivity contribution < 1.29 is 4.79 Å². The largest absolute Gasteiger partial charge is 0.362 e. The van der Waals surface area contributed by atoms with Crippen LogP contribution in [0, 0.1) is 20.8 Å². The number of rotatable bonds is 4. The fourth-order valence-electron chi connectivity index (χ4n) is 2.76. The Labute approximate surface area is 134 Å². The quantitative estimate of drug-likeness (QED) is 0.940. The minimum Gasteiger partial charge on any atom is -0.362 e. The van der Waals surface area contributed by atoms with Gasteiger partial charge in [0.05, 0.1) is 17.4 Å². The predicted octanol–water partition coefficient (Wildman–Crippen LogP) is 2.39. The first-order chi connectivity index (χ1) is 10.5. The van der Waals surface area contributed by atoms with E-state index in [4.69, 9.17) is 0 Å². The number of likely N-dealkylation sites (tertiary alicyclic amines) is 1. The van der Waals surface area contributed by atoms with Crippen LogP contribution in [0.2, 0.25) is 0 Å². The first-order valence-corrected chi connectivity index (χ1v) is 8.34. The van der Waals surface area contributed by atoms with Crippen LogP contribution in [0.4, 0.5) is 5.13 Å². The Hall–Kier alpha value is -1.89. The summed E-state index contributed by atoms with van der Waals surface area (Å²) in [4.78, 5) is 19.6. The molecule has 0 spiro atoms. The van der Waals surface area contributed by atoms with Gasteiger partial charge in [-0.25, -0.2) is 4.98 Å². The number of amides is 1. The number of aryl methyl sites for hydroxylation is 3. The third-order valence-corrected chi connectivity index (χ3v) is 4.96. The van der Waals surface area contributed by atoms with E-state index in [0.717, 1.165) is 33.6 Å². The summed E-state index contributed by atoms with van der Waals surface area (Å²) >= 11 is 1.44. The molecule has 1 aliphatic rings. The lowest BCUT2D eigenvalue weighted by atomic mass is 10.1. The van der Waals surface area contributed by atoms with E-state index < -0.39 is 0 Å². The van der Waals surface area contributed by atoms with Crippen LogP contribution < -0.4 is 5.32 Å². The molecule has 7 heteroatoms. The van der Waals surface area contributed by atoms with Gasteiger partial charge in [-0.2, -0.15) is 5.10 Å². The maximum absolute atomic E-state index is 12.6. The molecular formula is C15H21N5OS. The molecule has 0 atom stereocenters. The Balaban J connectivity index is 1.67. The normalized spacial score (nSPS) is 15.0. The van der Waals surface area contributed by atoms with Gasteiger partial charge in [0.2, 0.25) is 0 Å². The van der Waals surface area contributed by atoms with E-state index in [1.807, 2.05) is 30.4 Å². The Morgan fingerprint density at radius 3 is 2.73 bits per heavy atom. The molecule has 6 nitrogen and oxygen atoms in total. The fourth-order valence-corrected chi connectivity index (χ4v) is 3.76. The Kier molecular flexibility index (Phi) is 3.90. The molecule has 1 aliphatic heterocycles. The number of hydrogen-bond donors (Lipinski definition) is 1. The number of hydrogen-bond acceptors (Lipinski definition) is 5. The van der Waals surface area contributed by atoms with Crippen molar-refractivity contribution in [3.63, 3.8) is 0 Å². The third kappa shape index (κ3) is 2.61. The number of carbonyl (C=O) groups excluding carboxylic acids is 1. The zero-order valence-electron chi connectivity index (χ0n) is 13.4. The van der Waals surface area contributed by atoms with Gasteiger partial charge in [0.15, 0.2) is 5.13 Å². The standard InChI is InChI=1S/C15H21N5OS/c1-5-16-15-17-11(4)13(22-15)14(21)19-7-12(8-19)20-10(3)6-9(2)18-20/h6,12H,5,7-8H2,1-4H3,(H,16,17). The molecule has 1 fully saturated rings. The second kappa shape index (κ2) is 5.72. The molecule has 1 saturated heterocycles. The van der Waals surface area contributed by atoms with E-state index in [1.165, 1.54) is 11.3 Å². The number of anilines is 1. The van der Waals surface area contributed by atoms with Crippen LogP contribution in [-0.4, -0.2) is 45.2 Å². The molecule has 1 N–H and O–H groups in total. The van der Waals surface area contributed by atoms with Crippen molar-refractivity contribution in [3.8, 4) is 0 Å². The van der Waals surface area contributed by atoms with Crippen LogP contribution in [0.25, 0.3) is 0 Å². The number of carbonyl (C=O) groups is 1. The molecule has 3 rings (SSSR count). The summed E-state index contributed by atoms with van der Waals surface area (Å²) in [5.41, 5.74) is 2.98. The number of nitrogens with zero attached hydrogens (tertiary/aromatic N) is 4. The third-order valence-electron chi connectivity index (χ3n) is 3.86. The molecule has 0 aliphatic carbocycles. The Morgan fingerprint density at radius 1 is 1.41 bits per heavy atom.